The second kappa shape index (κ2) is 6.20. The van der Waals surface area contributed by atoms with Gasteiger partial charge in [0.05, 0.1) is 4.90 Å². The van der Waals surface area contributed by atoms with Gasteiger partial charge in [0.1, 0.15) is 5.82 Å². The molecule has 0 fully saturated rings. The van der Waals surface area contributed by atoms with Crippen LogP contribution in [0.2, 0.25) is 0 Å². The lowest BCUT2D eigenvalue weighted by Crippen LogP contribution is -2.51. The van der Waals surface area contributed by atoms with E-state index in [1.165, 1.54) is 19.1 Å². The molecule has 3 N–H and O–H groups in total. The molecule has 1 aromatic carbocycles. The summed E-state index contributed by atoms with van der Waals surface area (Å²) in [5.74, 6) is -0.117. The van der Waals surface area contributed by atoms with Crippen LogP contribution in [0.5, 0.6) is 0 Å². The maximum Gasteiger partial charge on any atom is 0.241 e. The van der Waals surface area contributed by atoms with Gasteiger partial charge in [-0.1, -0.05) is 13.8 Å². The van der Waals surface area contributed by atoms with E-state index in [2.05, 4.69) is 4.72 Å². The van der Waals surface area contributed by atoms with Crippen molar-refractivity contribution in [2.45, 2.75) is 44.6 Å². The van der Waals surface area contributed by atoms with Gasteiger partial charge in [0.15, 0.2) is 0 Å². The van der Waals surface area contributed by atoms with Gasteiger partial charge in [-0.15, -0.1) is 0 Å². The number of halogens is 1. The maximum absolute atomic E-state index is 13.2. The predicted octanol–water partition coefficient (Wildman–Crippen LogP) is 2.18. The van der Waals surface area contributed by atoms with Gasteiger partial charge in [-0.25, -0.2) is 17.5 Å². The molecule has 0 saturated heterocycles. The van der Waals surface area contributed by atoms with Gasteiger partial charge in [-0.2, -0.15) is 0 Å². The lowest BCUT2D eigenvalue weighted by Gasteiger charge is -2.30. The van der Waals surface area contributed by atoms with Crippen LogP contribution in [0.3, 0.4) is 0 Å². The molecule has 0 saturated carbocycles. The summed E-state index contributed by atoms with van der Waals surface area (Å²) < 4.78 is 40.6. The van der Waals surface area contributed by atoms with Crippen molar-refractivity contribution in [2.75, 3.05) is 6.54 Å². The number of benzene rings is 1. The molecule has 1 rings (SSSR count). The Hall–Kier alpha value is -0.980. The van der Waals surface area contributed by atoms with E-state index in [1.54, 1.807) is 6.92 Å². The van der Waals surface area contributed by atoms with Crippen molar-refractivity contribution in [3.63, 3.8) is 0 Å². The third-order valence-corrected chi connectivity index (χ3v) is 4.77. The number of hydrogen-bond acceptors (Lipinski definition) is 3. The quantitative estimate of drug-likeness (QED) is 0.846. The van der Waals surface area contributed by atoms with Gasteiger partial charge < -0.3 is 5.73 Å². The van der Waals surface area contributed by atoms with Crippen LogP contribution < -0.4 is 10.5 Å². The zero-order chi connectivity index (χ0) is 15.6. The van der Waals surface area contributed by atoms with Crippen LogP contribution in [0, 0.1) is 18.7 Å². The van der Waals surface area contributed by atoms with Crippen LogP contribution in [-0.2, 0) is 10.0 Å². The van der Waals surface area contributed by atoms with E-state index < -0.39 is 21.4 Å². The molecular weight excluding hydrogens is 279 g/mol. The van der Waals surface area contributed by atoms with Gasteiger partial charge in [0, 0.05) is 12.1 Å². The van der Waals surface area contributed by atoms with Gasteiger partial charge in [0.2, 0.25) is 10.0 Å². The van der Waals surface area contributed by atoms with Crippen LogP contribution in [0.15, 0.2) is 23.1 Å². The van der Waals surface area contributed by atoms with Crippen molar-refractivity contribution >= 4 is 10.0 Å². The Labute approximate surface area is 120 Å². The molecule has 0 heterocycles. The molecule has 0 aromatic heterocycles. The Bertz CT molecular complexity index is 573. The summed E-state index contributed by atoms with van der Waals surface area (Å²) in [5.41, 5.74) is 5.29. The van der Waals surface area contributed by atoms with E-state index in [0.29, 0.717) is 17.9 Å². The Morgan fingerprint density at radius 2 is 2.00 bits per heavy atom. The van der Waals surface area contributed by atoms with Crippen LogP contribution in [0.25, 0.3) is 0 Å². The highest BCUT2D eigenvalue weighted by molar-refractivity contribution is 7.89. The molecule has 0 radical (unpaired) electrons. The molecule has 0 aliphatic rings. The molecule has 20 heavy (non-hydrogen) atoms. The smallest absolute Gasteiger partial charge is 0.241 e. The molecule has 0 unspecified atom stereocenters. The topological polar surface area (TPSA) is 72.2 Å². The Balaban J connectivity index is 3.07. The zero-order valence-electron chi connectivity index (χ0n) is 12.4. The summed E-state index contributed by atoms with van der Waals surface area (Å²) in [6, 6.07) is 3.74. The van der Waals surface area contributed by atoms with Gasteiger partial charge in [-0.3, -0.25) is 0 Å². The average Bonchev–Trinajstić information content (AvgIpc) is 2.30. The van der Waals surface area contributed by atoms with Crippen molar-refractivity contribution in [3.8, 4) is 0 Å². The fourth-order valence-electron chi connectivity index (χ4n) is 2.24. The molecule has 0 aliphatic carbocycles. The zero-order valence-corrected chi connectivity index (χ0v) is 13.2. The minimum Gasteiger partial charge on any atom is -0.329 e. The molecule has 0 spiro atoms. The van der Waals surface area contributed by atoms with Gasteiger partial charge >= 0.3 is 0 Å². The minimum atomic E-state index is -3.71. The second-order valence-corrected chi connectivity index (χ2v) is 7.56. The van der Waals surface area contributed by atoms with Crippen molar-refractivity contribution in [1.82, 2.24) is 4.72 Å². The number of sulfonamides is 1. The predicted molar refractivity (Wildman–Crippen MR) is 78.4 cm³/mol. The van der Waals surface area contributed by atoms with E-state index in [9.17, 15) is 12.8 Å². The summed E-state index contributed by atoms with van der Waals surface area (Å²) in [4.78, 5) is 0.0554. The lowest BCUT2D eigenvalue weighted by atomic mass is 9.92. The third kappa shape index (κ3) is 4.26. The Morgan fingerprint density at radius 1 is 1.40 bits per heavy atom. The molecule has 1 atom stereocenters. The molecule has 0 amide bonds. The van der Waals surface area contributed by atoms with Crippen molar-refractivity contribution in [1.29, 1.82) is 0 Å². The highest BCUT2D eigenvalue weighted by atomic mass is 32.2. The van der Waals surface area contributed by atoms with Crippen LogP contribution >= 0.6 is 0 Å². The second-order valence-electron chi connectivity index (χ2n) is 5.88. The molecular formula is C14H23FN2O2S. The molecule has 6 heteroatoms. The summed E-state index contributed by atoms with van der Waals surface area (Å²) in [6.07, 6.45) is 0.628. The highest BCUT2D eigenvalue weighted by Gasteiger charge is 2.30. The first-order valence-electron chi connectivity index (χ1n) is 6.60. The van der Waals surface area contributed by atoms with Gasteiger partial charge in [0.25, 0.3) is 0 Å². The molecule has 114 valence electrons. The summed E-state index contributed by atoms with van der Waals surface area (Å²) >= 11 is 0. The van der Waals surface area contributed by atoms with Crippen molar-refractivity contribution in [2.24, 2.45) is 11.7 Å². The fourth-order valence-corrected chi connectivity index (χ4v) is 3.75. The molecule has 0 aliphatic heterocycles. The summed E-state index contributed by atoms with van der Waals surface area (Å²) in [5, 5.41) is 0. The van der Waals surface area contributed by atoms with E-state index in [0.717, 1.165) is 6.07 Å². The van der Waals surface area contributed by atoms with Crippen molar-refractivity contribution in [3.05, 3.63) is 29.6 Å². The van der Waals surface area contributed by atoms with Crippen LogP contribution in [-0.4, -0.2) is 20.5 Å². The van der Waals surface area contributed by atoms with E-state index >= 15 is 0 Å². The number of rotatable bonds is 6. The highest BCUT2D eigenvalue weighted by Crippen LogP contribution is 2.20. The van der Waals surface area contributed by atoms with Crippen LogP contribution in [0.1, 0.15) is 32.8 Å². The Morgan fingerprint density at radius 3 is 2.45 bits per heavy atom. The minimum absolute atomic E-state index is 0.0554. The lowest BCUT2D eigenvalue weighted by molar-refractivity contribution is 0.344. The SMILES string of the molecule is Cc1cc(S(=O)(=O)N[C@](C)(CN)CC(C)C)ccc1F. The van der Waals surface area contributed by atoms with Gasteiger partial charge in [-0.05, 0) is 49.9 Å². The third-order valence-electron chi connectivity index (χ3n) is 3.13. The summed E-state index contributed by atoms with van der Waals surface area (Å²) in [7, 11) is -3.71. The first-order chi connectivity index (χ1) is 9.09. The number of hydrogen-bond donors (Lipinski definition) is 2. The monoisotopic (exact) mass is 302 g/mol. The normalized spacial score (nSPS) is 15.3. The van der Waals surface area contributed by atoms with E-state index in [-0.39, 0.29) is 11.4 Å². The average molecular weight is 302 g/mol. The first kappa shape index (κ1) is 17.1. The van der Waals surface area contributed by atoms with E-state index in [1.807, 2.05) is 13.8 Å². The Kier molecular flexibility index (Phi) is 5.29. The number of nitrogens with two attached hydrogens (primary N) is 1. The van der Waals surface area contributed by atoms with Crippen LogP contribution in [0.4, 0.5) is 4.39 Å². The molecule has 0 bridgehead atoms. The number of nitrogens with one attached hydrogen (secondary N) is 1. The molecule has 4 nitrogen and oxygen atoms in total. The maximum atomic E-state index is 13.2. The summed E-state index contributed by atoms with van der Waals surface area (Å²) in [6.45, 7) is 7.52. The van der Waals surface area contributed by atoms with Crippen molar-refractivity contribution < 1.29 is 12.8 Å². The fraction of sp³-hybridized carbons (Fsp3) is 0.571. The standard InChI is InChI=1S/C14H23FN2O2S/c1-10(2)8-14(4,9-16)17-20(18,19)12-5-6-13(15)11(3)7-12/h5-7,10,17H,8-9,16H2,1-4H3/t14-/m0/s1. The molecule has 1 aromatic rings. The largest absolute Gasteiger partial charge is 0.329 e. The number of aryl methyl sites for hydroxylation is 1. The first-order valence-corrected chi connectivity index (χ1v) is 8.08. The van der Waals surface area contributed by atoms with E-state index in [4.69, 9.17) is 5.73 Å².